The summed E-state index contributed by atoms with van der Waals surface area (Å²) in [6.07, 6.45) is 5.44. The summed E-state index contributed by atoms with van der Waals surface area (Å²) >= 11 is 1.46. The van der Waals surface area contributed by atoms with E-state index in [9.17, 15) is 0 Å². The van der Waals surface area contributed by atoms with Gasteiger partial charge in [0.1, 0.15) is 6.10 Å². The van der Waals surface area contributed by atoms with E-state index in [-0.39, 0.29) is 6.10 Å². The van der Waals surface area contributed by atoms with Crippen LogP contribution in [0.5, 0.6) is 0 Å². The summed E-state index contributed by atoms with van der Waals surface area (Å²) in [6.45, 7) is 8.31. The molecule has 2 aliphatic heterocycles. The van der Waals surface area contributed by atoms with Crippen molar-refractivity contribution in [1.82, 2.24) is 14.3 Å². The van der Waals surface area contributed by atoms with Crippen LogP contribution in [0.4, 0.5) is 5.13 Å². The van der Waals surface area contributed by atoms with E-state index in [0.29, 0.717) is 6.10 Å². The first-order valence-corrected chi connectivity index (χ1v) is 9.49. The van der Waals surface area contributed by atoms with E-state index in [1.165, 1.54) is 43.9 Å². The molecule has 6 nitrogen and oxygen atoms in total. The Morgan fingerprint density at radius 2 is 2.09 bits per heavy atom. The van der Waals surface area contributed by atoms with Gasteiger partial charge in [0.2, 0.25) is 5.13 Å². The van der Waals surface area contributed by atoms with E-state index in [0.717, 1.165) is 43.6 Å². The number of likely N-dealkylation sites (tertiary alicyclic amines) is 1. The van der Waals surface area contributed by atoms with Crippen molar-refractivity contribution in [1.29, 1.82) is 0 Å². The topological polar surface area (TPSA) is 50.7 Å². The van der Waals surface area contributed by atoms with Crippen molar-refractivity contribution in [3.05, 3.63) is 5.82 Å². The van der Waals surface area contributed by atoms with Gasteiger partial charge in [0.15, 0.2) is 5.82 Å². The Morgan fingerprint density at radius 3 is 2.87 bits per heavy atom. The number of rotatable bonds is 7. The van der Waals surface area contributed by atoms with Crippen molar-refractivity contribution < 1.29 is 9.47 Å². The number of nitrogens with zero attached hydrogens (tertiary/aromatic N) is 4. The number of hydrogen-bond acceptors (Lipinski definition) is 7. The van der Waals surface area contributed by atoms with Crippen LogP contribution >= 0.6 is 11.5 Å². The van der Waals surface area contributed by atoms with Crippen molar-refractivity contribution in [3.63, 3.8) is 0 Å². The lowest BCUT2D eigenvalue weighted by Gasteiger charge is -2.26. The van der Waals surface area contributed by atoms with Crippen LogP contribution < -0.4 is 4.90 Å². The van der Waals surface area contributed by atoms with Crippen molar-refractivity contribution >= 4 is 16.7 Å². The molecular weight excluding hydrogens is 312 g/mol. The highest BCUT2D eigenvalue weighted by Crippen LogP contribution is 2.26. The third kappa shape index (κ3) is 4.62. The molecule has 7 heteroatoms. The Kier molecular flexibility index (Phi) is 6.21. The molecule has 130 valence electrons. The monoisotopic (exact) mass is 340 g/mol. The van der Waals surface area contributed by atoms with Crippen molar-refractivity contribution in [2.24, 2.45) is 0 Å². The van der Waals surface area contributed by atoms with Gasteiger partial charge in [0, 0.05) is 38.3 Å². The zero-order valence-corrected chi connectivity index (χ0v) is 15.1. The number of methoxy groups -OCH3 is 1. The summed E-state index contributed by atoms with van der Waals surface area (Å²) in [6, 6.07) is 0. The van der Waals surface area contributed by atoms with E-state index >= 15 is 0 Å². The van der Waals surface area contributed by atoms with Crippen LogP contribution in [0.3, 0.4) is 0 Å². The molecule has 3 heterocycles. The number of hydrogen-bond donors (Lipinski definition) is 0. The average Bonchev–Trinajstić information content (AvgIpc) is 3.24. The summed E-state index contributed by atoms with van der Waals surface area (Å²) in [5, 5.41) is 0.992. The Hall–Kier alpha value is -0.760. The lowest BCUT2D eigenvalue weighted by molar-refractivity contribution is 0.0467. The summed E-state index contributed by atoms with van der Waals surface area (Å²) in [4.78, 5) is 9.41. The van der Waals surface area contributed by atoms with Gasteiger partial charge in [-0.05, 0) is 39.3 Å². The smallest absolute Gasteiger partial charge is 0.205 e. The van der Waals surface area contributed by atoms with Crippen molar-refractivity contribution in [3.8, 4) is 0 Å². The molecule has 0 aromatic carbocycles. The maximum Gasteiger partial charge on any atom is 0.205 e. The lowest BCUT2D eigenvalue weighted by atomic mass is 10.1. The summed E-state index contributed by atoms with van der Waals surface area (Å²) in [5.41, 5.74) is 0. The van der Waals surface area contributed by atoms with E-state index < -0.39 is 0 Å². The van der Waals surface area contributed by atoms with Gasteiger partial charge in [-0.15, -0.1) is 0 Å². The molecule has 0 saturated carbocycles. The zero-order chi connectivity index (χ0) is 16.1. The molecule has 0 aliphatic carbocycles. The van der Waals surface area contributed by atoms with Gasteiger partial charge in [-0.3, -0.25) is 0 Å². The normalized spacial score (nSPS) is 24.3. The molecule has 2 fully saturated rings. The average molecular weight is 340 g/mol. The SMILES string of the molecule is COC(C)c1nsc(N2CCC(OCCN3CCCCC3)C2)n1. The summed E-state index contributed by atoms with van der Waals surface area (Å²) in [7, 11) is 1.69. The Morgan fingerprint density at radius 1 is 1.26 bits per heavy atom. The van der Waals surface area contributed by atoms with E-state index in [2.05, 4.69) is 19.2 Å². The van der Waals surface area contributed by atoms with Crippen LogP contribution in [-0.4, -0.2) is 66.8 Å². The molecule has 0 bridgehead atoms. The van der Waals surface area contributed by atoms with Crippen LogP contribution in [-0.2, 0) is 9.47 Å². The quantitative estimate of drug-likeness (QED) is 0.759. The Bertz CT molecular complexity index is 478. The largest absolute Gasteiger partial charge is 0.375 e. The number of anilines is 1. The van der Waals surface area contributed by atoms with Crippen LogP contribution in [0.15, 0.2) is 0 Å². The molecule has 3 rings (SSSR count). The summed E-state index contributed by atoms with van der Waals surface area (Å²) < 4.78 is 15.8. The first-order valence-electron chi connectivity index (χ1n) is 8.71. The number of aromatic nitrogens is 2. The van der Waals surface area contributed by atoms with Gasteiger partial charge in [0.25, 0.3) is 0 Å². The first-order chi connectivity index (χ1) is 11.3. The fourth-order valence-corrected chi connectivity index (χ4v) is 3.97. The molecule has 1 aromatic heterocycles. The highest BCUT2D eigenvalue weighted by Gasteiger charge is 2.26. The number of ether oxygens (including phenoxy) is 2. The van der Waals surface area contributed by atoms with Crippen LogP contribution in [0, 0.1) is 0 Å². The second-order valence-corrected chi connectivity index (χ2v) is 7.17. The predicted octanol–water partition coefficient (Wildman–Crippen LogP) is 2.33. The molecule has 0 amide bonds. The molecule has 23 heavy (non-hydrogen) atoms. The second kappa shape index (κ2) is 8.37. The summed E-state index contributed by atoms with van der Waals surface area (Å²) in [5.74, 6) is 0.780. The highest BCUT2D eigenvalue weighted by atomic mass is 32.1. The van der Waals surface area contributed by atoms with E-state index in [4.69, 9.17) is 9.47 Å². The maximum atomic E-state index is 6.08. The first kappa shape index (κ1) is 17.1. The molecule has 2 saturated heterocycles. The minimum Gasteiger partial charge on any atom is -0.375 e. The van der Waals surface area contributed by atoms with E-state index in [1.807, 2.05) is 6.92 Å². The van der Waals surface area contributed by atoms with Gasteiger partial charge in [-0.25, -0.2) is 4.98 Å². The van der Waals surface area contributed by atoms with Gasteiger partial charge >= 0.3 is 0 Å². The minimum atomic E-state index is -0.0424. The highest BCUT2D eigenvalue weighted by molar-refractivity contribution is 7.09. The van der Waals surface area contributed by atoms with Gasteiger partial charge in [0.05, 0.1) is 12.7 Å². The molecule has 1 aromatic rings. The van der Waals surface area contributed by atoms with Crippen molar-refractivity contribution in [2.75, 3.05) is 51.3 Å². The lowest BCUT2D eigenvalue weighted by Crippen LogP contribution is -2.34. The third-order valence-corrected chi connectivity index (χ3v) is 5.56. The predicted molar refractivity (Wildman–Crippen MR) is 92.2 cm³/mol. The second-order valence-electron chi connectivity index (χ2n) is 6.44. The standard InChI is InChI=1S/C16H28N4O2S/c1-13(21-2)15-17-16(23-18-15)20-9-6-14(12-20)22-11-10-19-7-4-3-5-8-19/h13-14H,3-12H2,1-2H3. The molecule has 2 aliphatic rings. The van der Waals surface area contributed by atoms with Gasteiger partial charge < -0.3 is 19.3 Å². The molecule has 2 unspecified atom stereocenters. The molecule has 0 N–H and O–H groups in total. The Labute approximate surface area is 142 Å². The maximum absolute atomic E-state index is 6.08. The molecule has 2 atom stereocenters. The van der Waals surface area contributed by atoms with Crippen molar-refractivity contribution in [2.45, 2.75) is 44.8 Å². The third-order valence-electron chi connectivity index (χ3n) is 4.77. The van der Waals surface area contributed by atoms with Crippen LogP contribution in [0.25, 0.3) is 0 Å². The zero-order valence-electron chi connectivity index (χ0n) is 14.2. The molecule has 0 spiro atoms. The molecular formula is C16H28N4O2S. The fourth-order valence-electron chi connectivity index (χ4n) is 3.19. The number of piperidine rings is 1. The van der Waals surface area contributed by atoms with Gasteiger partial charge in [-0.2, -0.15) is 4.37 Å². The molecule has 0 radical (unpaired) electrons. The van der Waals surface area contributed by atoms with Crippen LogP contribution in [0.2, 0.25) is 0 Å². The van der Waals surface area contributed by atoms with Crippen LogP contribution in [0.1, 0.15) is 44.5 Å². The Balaban J connectivity index is 1.40. The minimum absolute atomic E-state index is 0.0424. The van der Waals surface area contributed by atoms with Gasteiger partial charge in [-0.1, -0.05) is 6.42 Å². The fraction of sp³-hybridized carbons (Fsp3) is 0.875. The van der Waals surface area contributed by atoms with E-state index in [1.54, 1.807) is 7.11 Å².